The van der Waals surface area contributed by atoms with E-state index in [-0.39, 0.29) is 12.3 Å². The minimum absolute atomic E-state index is 0.0856. The zero-order valence-corrected chi connectivity index (χ0v) is 12.9. The molecule has 120 valence electrons. The largest absolute Gasteiger partial charge is 0.493 e. The van der Waals surface area contributed by atoms with Gasteiger partial charge in [-0.3, -0.25) is 9.59 Å². The minimum atomic E-state index is -0.444. The van der Waals surface area contributed by atoms with Crippen molar-refractivity contribution in [2.45, 2.75) is 13.0 Å². The van der Waals surface area contributed by atoms with Gasteiger partial charge in [-0.25, -0.2) is 0 Å². The third kappa shape index (κ3) is 3.08. The lowest BCUT2D eigenvalue weighted by Crippen LogP contribution is -2.28. The highest BCUT2D eigenvalue weighted by atomic mass is 16.5. The summed E-state index contributed by atoms with van der Waals surface area (Å²) in [6.07, 6.45) is 0.166. The number of nitrogens with zero attached hydrogens (tertiary/aromatic N) is 1. The van der Waals surface area contributed by atoms with E-state index in [9.17, 15) is 9.59 Å². The van der Waals surface area contributed by atoms with Gasteiger partial charge < -0.3 is 24.8 Å². The summed E-state index contributed by atoms with van der Waals surface area (Å²) in [5.41, 5.74) is 6.10. The second kappa shape index (κ2) is 6.55. The third-order valence-corrected chi connectivity index (χ3v) is 3.71. The molecule has 1 saturated heterocycles. The van der Waals surface area contributed by atoms with Gasteiger partial charge in [-0.2, -0.15) is 0 Å². The van der Waals surface area contributed by atoms with Crippen LogP contribution in [-0.2, 0) is 16.1 Å². The molecule has 2 rings (SSSR count). The number of carbonyl (C=O) groups is 2. The van der Waals surface area contributed by atoms with Crippen molar-refractivity contribution in [2.24, 2.45) is 11.7 Å². The number of nitrogens with two attached hydrogens (primary N) is 1. The molecule has 0 saturated carbocycles. The summed E-state index contributed by atoms with van der Waals surface area (Å²) in [7, 11) is 4.60. The molecular formula is C15H20N2O5. The van der Waals surface area contributed by atoms with Crippen LogP contribution in [0, 0.1) is 5.92 Å². The van der Waals surface area contributed by atoms with E-state index < -0.39 is 11.8 Å². The van der Waals surface area contributed by atoms with Gasteiger partial charge in [0.1, 0.15) is 0 Å². The Morgan fingerprint density at radius 2 is 1.82 bits per heavy atom. The van der Waals surface area contributed by atoms with Crippen LogP contribution >= 0.6 is 0 Å². The number of ether oxygens (including phenoxy) is 3. The quantitative estimate of drug-likeness (QED) is 0.828. The van der Waals surface area contributed by atoms with E-state index in [4.69, 9.17) is 19.9 Å². The molecule has 1 heterocycles. The number of benzene rings is 1. The van der Waals surface area contributed by atoms with E-state index in [0.717, 1.165) is 5.56 Å². The van der Waals surface area contributed by atoms with Crippen molar-refractivity contribution >= 4 is 11.8 Å². The fraction of sp³-hybridized carbons (Fsp3) is 0.467. The highest BCUT2D eigenvalue weighted by molar-refractivity contribution is 5.88. The first-order valence-corrected chi connectivity index (χ1v) is 6.86. The van der Waals surface area contributed by atoms with Gasteiger partial charge in [0.05, 0.1) is 27.2 Å². The molecule has 1 atom stereocenters. The van der Waals surface area contributed by atoms with Crippen molar-refractivity contribution in [3.05, 3.63) is 17.7 Å². The molecule has 1 aromatic carbocycles. The maximum atomic E-state index is 12.0. The summed E-state index contributed by atoms with van der Waals surface area (Å²) >= 11 is 0. The van der Waals surface area contributed by atoms with Gasteiger partial charge in [-0.1, -0.05) is 0 Å². The molecule has 0 aliphatic carbocycles. The second-order valence-electron chi connectivity index (χ2n) is 5.11. The standard InChI is InChI=1S/C15H20N2O5/c1-20-11-4-9(5-12(21-2)14(11)22-3)7-17-8-10(15(16)19)6-13(17)18/h4-5,10H,6-8H2,1-3H3,(H2,16,19). The molecule has 7 heteroatoms. The zero-order valence-electron chi connectivity index (χ0n) is 12.9. The van der Waals surface area contributed by atoms with E-state index in [1.165, 1.54) is 21.3 Å². The van der Waals surface area contributed by atoms with Crippen LogP contribution in [0.2, 0.25) is 0 Å². The first-order valence-electron chi connectivity index (χ1n) is 6.86. The van der Waals surface area contributed by atoms with E-state index in [2.05, 4.69) is 0 Å². The molecule has 1 aliphatic rings. The molecule has 1 fully saturated rings. The van der Waals surface area contributed by atoms with Crippen molar-refractivity contribution in [3.8, 4) is 17.2 Å². The summed E-state index contributed by atoms with van der Waals surface area (Å²) in [6, 6.07) is 3.57. The number of hydrogen-bond acceptors (Lipinski definition) is 5. The van der Waals surface area contributed by atoms with Crippen LogP contribution in [0.25, 0.3) is 0 Å². The minimum Gasteiger partial charge on any atom is -0.493 e. The molecule has 22 heavy (non-hydrogen) atoms. The molecule has 0 radical (unpaired) electrons. The van der Waals surface area contributed by atoms with Crippen molar-refractivity contribution < 1.29 is 23.8 Å². The zero-order chi connectivity index (χ0) is 16.3. The Morgan fingerprint density at radius 3 is 2.23 bits per heavy atom. The van der Waals surface area contributed by atoms with Gasteiger partial charge in [0.25, 0.3) is 0 Å². The molecule has 0 spiro atoms. The molecule has 1 unspecified atom stereocenters. The predicted octanol–water partition coefficient (Wildman–Crippen LogP) is 0.546. The molecule has 1 aromatic rings. The lowest BCUT2D eigenvalue weighted by molar-refractivity contribution is -0.128. The average Bonchev–Trinajstić information content (AvgIpc) is 2.87. The molecular weight excluding hydrogens is 288 g/mol. The number of likely N-dealkylation sites (tertiary alicyclic amines) is 1. The summed E-state index contributed by atoms with van der Waals surface area (Å²) < 4.78 is 15.8. The lowest BCUT2D eigenvalue weighted by Gasteiger charge is -2.19. The fourth-order valence-electron chi connectivity index (χ4n) is 2.56. The van der Waals surface area contributed by atoms with Gasteiger partial charge in [0, 0.05) is 19.5 Å². The Kier molecular flexibility index (Phi) is 4.75. The Balaban J connectivity index is 2.23. The average molecular weight is 308 g/mol. The van der Waals surface area contributed by atoms with E-state index in [1.807, 2.05) is 0 Å². The number of methoxy groups -OCH3 is 3. The van der Waals surface area contributed by atoms with Gasteiger partial charge in [-0.05, 0) is 17.7 Å². The van der Waals surface area contributed by atoms with Gasteiger partial charge in [-0.15, -0.1) is 0 Å². The molecule has 0 bridgehead atoms. The third-order valence-electron chi connectivity index (χ3n) is 3.71. The van der Waals surface area contributed by atoms with Crippen LogP contribution in [0.4, 0.5) is 0 Å². The van der Waals surface area contributed by atoms with E-state index in [0.29, 0.717) is 30.3 Å². The number of primary amides is 1. The normalized spacial score (nSPS) is 17.5. The predicted molar refractivity (Wildman–Crippen MR) is 78.8 cm³/mol. The maximum absolute atomic E-state index is 12.0. The van der Waals surface area contributed by atoms with E-state index >= 15 is 0 Å². The lowest BCUT2D eigenvalue weighted by atomic mass is 10.1. The molecule has 1 aliphatic heterocycles. The van der Waals surface area contributed by atoms with Crippen LogP contribution in [0.5, 0.6) is 17.2 Å². The number of amides is 2. The maximum Gasteiger partial charge on any atom is 0.223 e. The molecule has 7 nitrogen and oxygen atoms in total. The van der Waals surface area contributed by atoms with Gasteiger partial charge in [0.2, 0.25) is 17.6 Å². The monoisotopic (exact) mass is 308 g/mol. The van der Waals surface area contributed by atoms with Crippen molar-refractivity contribution in [2.75, 3.05) is 27.9 Å². The molecule has 2 amide bonds. The SMILES string of the molecule is COc1cc(CN2CC(C(N)=O)CC2=O)cc(OC)c1OC. The Morgan fingerprint density at radius 1 is 1.23 bits per heavy atom. The first kappa shape index (κ1) is 15.9. The summed E-state index contributed by atoms with van der Waals surface area (Å²) in [4.78, 5) is 24.8. The summed E-state index contributed by atoms with van der Waals surface area (Å²) in [6.45, 7) is 0.699. The van der Waals surface area contributed by atoms with Gasteiger partial charge >= 0.3 is 0 Å². The first-order chi connectivity index (χ1) is 10.5. The Labute approximate surface area is 128 Å². The fourth-order valence-corrected chi connectivity index (χ4v) is 2.56. The van der Waals surface area contributed by atoms with Crippen molar-refractivity contribution in [3.63, 3.8) is 0 Å². The van der Waals surface area contributed by atoms with Gasteiger partial charge in [0.15, 0.2) is 11.5 Å². The van der Waals surface area contributed by atoms with Crippen LogP contribution in [0.15, 0.2) is 12.1 Å². The van der Waals surface area contributed by atoms with Crippen LogP contribution < -0.4 is 19.9 Å². The molecule has 2 N–H and O–H groups in total. The van der Waals surface area contributed by atoms with E-state index in [1.54, 1.807) is 17.0 Å². The topological polar surface area (TPSA) is 91.1 Å². The number of rotatable bonds is 6. The smallest absolute Gasteiger partial charge is 0.223 e. The van der Waals surface area contributed by atoms with Crippen molar-refractivity contribution in [1.82, 2.24) is 4.90 Å². The summed E-state index contributed by atoms with van der Waals surface area (Å²) in [5, 5.41) is 0. The van der Waals surface area contributed by atoms with Crippen LogP contribution in [-0.4, -0.2) is 44.6 Å². The van der Waals surface area contributed by atoms with Crippen molar-refractivity contribution in [1.29, 1.82) is 0 Å². The van der Waals surface area contributed by atoms with Crippen LogP contribution in [0.1, 0.15) is 12.0 Å². The summed E-state index contributed by atoms with van der Waals surface area (Å²) in [5.74, 6) is 0.592. The highest BCUT2D eigenvalue weighted by Gasteiger charge is 2.33. The highest BCUT2D eigenvalue weighted by Crippen LogP contribution is 2.38. The molecule has 0 aromatic heterocycles. The number of carbonyl (C=O) groups excluding carboxylic acids is 2. The van der Waals surface area contributed by atoms with Crippen LogP contribution in [0.3, 0.4) is 0 Å². The second-order valence-corrected chi connectivity index (χ2v) is 5.11. The Bertz CT molecular complexity index is 562. The number of hydrogen-bond donors (Lipinski definition) is 1. The Hall–Kier alpha value is -2.44.